The van der Waals surface area contributed by atoms with E-state index in [2.05, 4.69) is 14.4 Å². The van der Waals surface area contributed by atoms with Crippen molar-refractivity contribution in [2.45, 2.75) is 26.5 Å². The average molecular weight is 441 g/mol. The summed E-state index contributed by atoms with van der Waals surface area (Å²) in [4.78, 5) is 18.3. The van der Waals surface area contributed by atoms with Crippen molar-refractivity contribution in [1.82, 2.24) is 9.71 Å². The van der Waals surface area contributed by atoms with Gasteiger partial charge < -0.3 is 4.74 Å². The molecule has 2 N–H and O–H groups in total. The maximum atomic E-state index is 13.0. The molecule has 0 saturated carbocycles. The number of anilines is 2. The minimum Gasteiger partial charge on any atom is -0.489 e. The number of ether oxygens (including phenoxy) is 1. The van der Waals surface area contributed by atoms with Gasteiger partial charge in [-0.3, -0.25) is 14.6 Å². The summed E-state index contributed by atoms with van der Waals surface area (Å²) in [6.07, 6.45) is 3.10. The number of nitrogens with zero attached hydrogens (tertiary/aromatic N) is 2. The molecule has 0 atom stereocenters. The van der Waals surface area contributed by atoms with Crippen LogP contribution in [-0.2, 0) is 16.8 Å². The highest BCUT2D eigenvalue weighted by atomic mass is 32.2. The van der Waals surface area contributed by atoms with E-state index in [4.69, 9.17) is 4.74 Å². The van der Waals surface area contributed by atoms with E-state index in [0.29, 0.717) is 11.4 Å². The van der Waals surface area contributed by atoms with Gasteiger partial charge in [0.05, 0.1) is 18.3 Å². The Morgan fingerprint density at radius 3 is 2.42 bits per heavy atom. The van der Waals surface area contributed by atoms with E-state index in [9.17, 15) is 13.2 Å². The lowest BCUT2D eigenvalue weighted by atomic mass is 10.2. The van der Waals surface area contributed by atoms with Gasteiger partial charge in [-0.2, -0.15) is 8.42 Å². The molecule has 0 fully saturated rings. The number of urea groups is 1. The molecule has 0 saturated heterocycles. The molecular formula is C22H24N4O4S. The van der Waals surface area contributed by atoms with E-state index < -0.39 is 16.2 Å². The van der Waals surface area contributed by atoms with Gasteiger partial charge in [-0.15, -0.1) is 0 Å². The second kappa shape index (κ2) is 9.94. The zero-order chi connectivity index (χ0) is 22.3. The van der Waals surface area contributed by atoms with Gasteiger partial charge in [0, 0.05) is 18.1 Å². The van der Waals surface area contributed by atoms with Crippen LogP contribution in [0.15, 0.2) is 79.1 Å². The molecule has 0 unspecified atom stereocenters. The van der Waals surface area contributed by atoms with E-state index in [1.807, 2.05) is 26.0 Å². The fourth-order valence-electron chi connectivity index (χ4n) is 2.81. The quantitative estimate of drug-likeness (QED) is 0.553. The Labute approximate surface area is 182 Å². The van der Waals surface area contributed by atoms with E-state index >= 15 is 0 Å². The van der Waals surface area contributed by atoms with E-state index in [-0.39, 0.29) is 18.3 Å². The number of rotatable bonds is 8. The summed E-state index contributed by atoms with van der Waals surface area (Å²) in [5.41, 5.74) is 1.53. The number of carbonyl (C=O) groups excluding carboxylic acids is 1. The fraction of sp³-hybridized carbons (Fsp3) is 0.182. The fourth-order valence-corrected chi connectivity index (χ4v) is 3.66. The van der Waals surface area contributed by atoms with Gasteiger partial charge in [0.15, 0.2) is 0 Å². The highest BCUT2D eigenvalue weighted by molar-refractivity contribution is 7.91. The number of hydrogen-bond donors (Lipinski definition) is 2. The minimum absolute atomic E-state index is 0.145. The molecule has 0 bridgehead atoms. The van der Waals surface area contributed by atoms with Crippen LogP contribution in [0.4, 0.5) is 16.2 Å². The van der Waals surface area contributed by atoms with Gasteiger partial charge >= 0.3 is 16.2 Å². The van der Waals surface area contributed by atoms with Gasteiger partial charge in [0.25, 0.3) is 0 Å². The first-order valence-corrected chi connectivity index (χ1v) is 11.1. The lowest BCUT2D eigenvalue weighted by Gasteiger charge is -2.23. The van der Waals surface area contributed by atoms with Crippen molar-refractivity contribution in [3.05, 3.63) is 84.7 Å². The molecule has 31 heavy (non-hydrogen) atoms. The lowest BCUT2D eigenvalue weighted by Crippen LogP contribution is -2.44. The monoisotopic (exact) mass is 440 g/mol. The topological polar surface area (TPSA) is 101 Å². The number of amides is 2. The normalized spacial score (nSPS) is 11.1. The second-order valence-corrected chi connectivity index (χ2v) is 8.37. The average Bonchev–Trinajstić information content (AvgIpc) is 2.74. The molecule has 0 aliphatic carbocycles. The largest absolute Gasteiger partial charge is 0.489 e. The van der Waals surface area contributed by atoms with Crippen molar-refractivity contribution < 1.29 is 17.9 Å². The van der Waals surface area contributed by atoms with E-state index in [1.54, 1.807) is 67.0 Å². The Bertz CT molecular complexity index is 1110. The number of pyridine rings is 1. The molecule has 0 spiro atoms. The second-order valence-electron chi connectivity index (χ2n) is 6.96. The Hall–Kier alpha value is -3.59. The Kier molecular flexibility index (Phi) is 7.09. The zero-order valence-corrected chi connectivity index (χ0v) is 18.0. The van der Waals surface area contributed by atoms with Crippen LogP contribution in [0.2, 0.25) is 0 Å². The van der Waals surface area contributed by atoms with Gasteiger partial charge in [-0.1, -0.05) is 36.4 Å². The Morgan fingerprint density at radius 1 is 1.03 bits per heavy atom. The first-order valence-electron chi connectivity index (χ1n) is 9.66. The summed E-state index contributed by atoms with van der Waals surface area (Å²) in [6, 6.07) is 18.2. The molecule has 3 rings (SSSR count). The van der Waals surface area contributed by atoms with Crippen LogP contribution >= 0.6 is 0 Å². The van der Waals surface area contributed by atoms with Crippen LogP contribution in [-0.4, -0.2) is 25.5 Å². The Morgan fingerprint density at radius 2 is 1.74 bits per heavy atom. The van der Waals surface area contributed by atoms with E-state index in [1.165, 1.54) is 4.90 Å². The summed E-state index contributed by atoms with van der Waals surface area (Å²) in [7, 11) is -4.22. The highest BCUT2D eigenvalue weighted by Crippen LogP contribution is 2.25. The first-order chi connectivity index (χ1) is 14.8. The van der Waals surface area contributed by atoms with Crippen LogP contribution in [0, 0.1) is 0 Å². The van der Waals surface area contributed by atoms with Crippen LogP contribution < -0.4 is 19.1 Å². The van der Waals surface area contributed by atoms with E-state index in [0.717, 1.165) is 5.56 Å². The maximum absolute atomic E-state index is 13.0. The van der Waals surface area contributed by atoms with Crippen LogP contribution in [0.5, 0.6) is 5.75 Å². The number of benzene rings is 2. The summed E-state index contributed by atoms with van der Waals surface area (Å²) in [5, 5.41) is 0. The van der Waals surface area contributed by atoms with Crippen LogP contribution in [0.25, 0.3) is 0 Å². The minimum atomic E-state index is -4.22. The van der Waals surface area contributed by atoms with Crippen molar-refractivity contribution >= 4 is 27.6 Å². The number of hydrogen-bond acceptors (Lipinski definition) is 5. The number of para-hydroxylation sites is 3. The molecule has 3 aromatic rings. The smallest absolute Gasteiger partial charge is 0.337 e. The van der Waals surface area contributed by atoms with Crippen molar-refractivity contribution in [3.63, 3.8) is 0 Å². The summed E-state index contributed by atoms with van der Waals surface area (Å²) in [5.74, 6) is 0.366. The van der Waals surface area contributed by atoms with Crippen LogP contribution in [0.3, 0.4) is 0 Å². The third-order valence-corrected chi connectivity index (χ3v) is 5.02. The molecule has 1 heterocycles. The third kappa shape index (κ3) is 6.45. The molecule has 0 aliphatic heterocycles. The number of nitrogens with one attached hydrogen (secondary N) is 2. The molecule has 2 amide bonds. The summed E-state index contributed by atoms with van der Waals surface area (Å²) in [6.45, 7) is 3.82. The lowest BCUT2D eigenvalue weighted by molar-refractivity contribution is 0.243. The molecule has 2 aromatic carbocycles. The van der Waals surface area contributed by atoms with Crippen molar-refractivity contribution in [2.75, 3.05) is 9.62 Å². The molecule has 0 aliphatic rings. The number of aromatic nitrogens is 1. The highest BCUT2D eigenvalue weighted by Gasteiger charge is 2.23. The predicted octanol–water partition coefficient (Wildman–Crippen LogP) is 3.94. The van der Waals surface area contributed by atoms with Crippen molar-refractivity contribution in [2.24, 2.45) is 0 Å². The molecule has 9 heteroatoms. The van der Waals surface area contributed by atoms with Gasteiger partial charge in [-0.25, -0.2) is 9.52 Å². The molecule has 8 nitrogen and oxygen atoms in total. The molecule has 1 aromatic heterocycles. The summed E-state index contributed by atoms with van der Waals surface area (Å²) < 4.78 is 35.5. The number of carbonyl (C=O) groups is 1. The molecule has 0 radical (unpaired) electrons. The van der Waals surface area contributed by atoms with Crippen molar-refractivity contribution in [3.8, 4) is 5.75 Å². The zero-order valence-electron chi connectivity index (χ0n) is 17.2. The van der Waals surface area contributed by atoms with Gasteiger partial charge in [0.2, 0.25) is 0 Å². The molecular weight excluding hydrogens is 416 g/mol. The van der Waals surface area contributed by atoms with Gasteiger partial charge in [-0.05, 0) is 49.7 Å². The SMILES string of the molecule is CC(C)Oc1ccccc1NS(=O)(=O)NC(=O)N(Cc1cccnc1)c1ccccc1. The van der Waals surface area contributed by atoms with Crippen molar-refractivity contribution in [1.29, 1.82) is 0 Å². The summed E-state index contributed by atoms with van der Waals surface area (Å²) >= 11 is 0. The van der Waals surface area contributed by atoms with Crippen LogP contribution in [0.1, 0.15) is 19.4 Å². The maximum Gasteiger partial charge on any atom is 0.337 e. The first kappa shape index (κ1) is 22.1. The third-order valence-electron chi connectivity index (χ3n) is 4.09. The van der Waals surface area contributed by atoms with Gasteiger partial charge in [0.1, 0.15) is 5.75 Å². The standard InChI is InChI=1S/C22H24N4O4S/c1-17(2)30-21-13-7-6-12-20(21)24-31(28,29)25-22(27)26(19-10-4-3-5-11-19)16-18-9-8-14-23-15-18/h3-15,17,24H,16H2,1-2H3,(H,25,27). The Balaban J connectivity index is 1.81. The predicted molar refractivity (Wildman–Crippen MR) is 120 cm³/mol. The molecule has 162 valence electrons.